The molecule has 0 aliphatic heterocycles. The Kier molecular flexibility index (Phi) is 3.02. The Morgan fingerprint density at radius 1 is 1.25 bits per heavy atom. The van der Waals surface area contributed by atoms with Gasteiger partial charge in [0.2, 0.25) is 0 Å². The van der Waals surface area contributed by atoms with Crippen LogP contribution in [0.4, 0.5) is 0 Å². The van der Waals surface area contributed by atoms with Gasteiger partial charge in [0, 0.05) is 12.1 Å². The van der Waals surface area contributed by atoms with E-state index < -0.39 is 0 Å². The van der Waals surface area contributed by atoms with Crippen molar-refractivity contribution >= 4 is 0 Å². The first-order valence-electron chi connectivity index (χ1n) is 3.17. The summed E-state index contributed by atoms with van der Waals surface area (Å²) < 4.78 is 0. The van der Waals surface area contributed by atoms with Crippen LogP contribution in [0.3, 0.4) is 0 Å². The average molecular weight is 116 g/mol. The van der Waals surface area contributed by atoms with Gasteiger partial charge in [0.15, 0.2) is 0 Å². The number of hydrogen-bond acceptors (Lipinski definition) is 2. The topological polar surface area (TPSA) is 52.0 Å². The number of hydrogen-bond donors (Lipinski definition) is 2. The van der Waals surface area contributed by atoms with E-state index in [1.54, 1.807) is 0 Å². The molecular formula is C6H16N2. The second kappa shape index (κ2) is 3.05. The molecule has 0 heterocycles. The number of nitrogens with two attached hydrogens (primary N) is 2. The molecule has 8 heavy (non-hydrogen) atoms. The minimum atomic E-state index is -0.0972. The first-order valence-corrected chi connectivity index (χ1v) is 3.17. The van der Waals surface area contributed by atoms with E-state index in [0.29, 0.717) is 6.54 Å². The van der Waals surface area contributed by atoms with Gasteiger partial charge in [0.25, 0.3) is 0 Å². The van der Waals surface area contributed by atoms with Crippen molar-refractivity contribution in [3.63, 3.8) is 0 Å². The molecule has 4 N–H and O–H groups in total. The van der Waals surface area contributed by atoms with Crippen LogP contribution in [0.1, 0.15) is 26.7 Å². The first-order chi connectivity index (χ1) is 3.68. The van der Waals surface area contributed by atoms with Crippen molar-refractivity contribution in [2.45, 2.75) is 32.2 Å². The lowest BCUT2D eigenvalue weighted by Crippen LogP contribution is -2.45. The van der Waals surface area contributed by atoms with E-state index in [1.165, 1.54) is 0 Å². The van der Waals surface area contributed by atoms with Gasteiger partial charge < -0.3 is 11.5 Å². The smallest absolute Gasteiger partial charge is 0.0273 e. The highest BCUT2D eigenvalue weighted by Gasteiger charge is 2.16. The monoisotopic (exact) mass is 116 g/mol. The van der Waals surface area contributed by atoms with Gasteiger partial charge in [-0.05, 0) is 12.8 Å². The zero-order valence-electron chi connectivity index (χ0n) is 5.78. The fourth-order valence-electron chi connectivity index (χ4n) is 0.539. The highest BCUT2D eigenvalue weighted by molar-refractivity contribution is 4.81. The summed E-state index contributed by atoms with van der Waals surface area (Å²) in [6, 6.07) is 0. The van der Waals surface area contributed by atoms with E-state index in [9.17, 15) is 0 Å². The van der Waals surface area contributed by atoms with Crippen LogP contribution in [0.5, 0.6) is 0 Å². The van der Waals surface area contributed by atoms with Crippen molar-refractivity contribution in [2.75, 3.05) is 6.54 Å². The molecule has 0 amide bonds. The lowest BCUT2D eigenvalue weighted by atomic mass is 9.95. The summed E-state index contributed by atoms with van der Waals surface area (Å²) in [5.41, 5.74) is 11.1. The van der Waals surface area contributed by atoms with E-state index in [0.717, 1.165) is 12.8 Å². The van der Waals surface area contributed by atoms with Crippen molar-refractivity contribution in [3.8, 4) is 0 Å². The summed E-state index contributed by atoms with van der Waals surface area (Å²) >= 11 is 0. The largest absolute Gasteiger partial charge is 0.329 e. The quantitative estimate of drug-likeness (QED) is 0.563. The van der Waals surface area contributed by atoms with E-state index in [4.69, 9.17) is 11.5 Å². The summed E-state index contributed by atoms with van der Waals surface area (Å²) in [6.07, 6.45) is 1.94. The molecule has 0 saturated carbocycles. The molecule has 0 aromatic carbocycles. The van der Waals surface area contributed by atoms with Crippen LogP contribution in [-0.4, -0.2) is 12.1 Å². The van der Waals surface area contributed by atoms with Crippen molar-refractivity contribution in [2.24, 2.45) is 11.5 Å². The molecule has 0 bridgehead atoms. The lowest BCUT2D eigenvalue weighted by Gasteiger charge is -2.23. The molecule has 0 spiro atoms. The third-order valence-electron chi connectivity index (χ3n) is 1.81. The van der Waals surface area contributed by atoms with Crippen molar-refractivity contribution in [3.05, 3.63) is 0 Å². The summed E-state index contributed by atoms with van der Waals surface area (Å²) in [7, 11) is 0. The summed E-state index contributed by atoms with van der Waals surface area (Å²) in [4.78, 5) is 0. The van der Waals surface area contributed by atoms with Gasteiger partial charge in [-0.3, -0.25) is 0 Å². The molecule has 0 aromatic heterocycles. The van der Waals surface area contributed by atoms with Crippen LogP contribution in [0.25, 0.3) is 0 Å². The molecule has 0 aliphatic rings. The normalized spacial score (nSPS) is 12.0. The van der Waals surface area contributed by atoms with E-state index >= 15 is 0 Å². The minimum absolute atomic E-state index is 0.0972. The van der Waals surface area contributed by atoms with Crippen LogP contribution in [0.15, 0.2) is 0 Å². The SMILES string of the molecule is CCC(N)(CC)CN. The Morgan fingerprint density at radius 2 is 1.62 bits per heavy atom. The third kappa shape index (κ3) is 1.80. The molecule has 0 rings (SSSR count). The van der Waals surface area contributed by atoms with Crippen LogP contribution in [0.2, 0.25) is 0 Å². The molecule has 2 heteroatoms. The first kappa shape index (κ1) is 7.92. The van der Waals surface area contributed by atoms with Gasteiger partial charge >= 0.3 is 0 Å². The van der Waals surface area contributed by atoms with Crippen LogP contribution in [0, 0.1) is 0 Å². The molecule has 0 fully saturated rings. The van der Waals surface area contributed by atoms with Crippen LogP contribution in [-0.2, 0) is 0 Å². The van der Waals surface area contributed by atoms with E-state index in [-0.39, 0.29) is 5.54 Å². The van der Waals surface area contributed by atoms with Crippen molar-refractivity contribution < 1.29 is 0 Å². The zero-order chi connectivity index (χ0) is 6.62. The van der Waals surface area contributed by atoms with Crippen LogP contribution < -0.4 is 11.5 Å². The minimum Gasteiger partial charge on any atom is -0.329 e. The van der Waals surface area contributed by atoms with Crippen molar-refractivity contribution in [1.29, 1.82) is 0 Å². The number of rotatable bonds is 3. The Morgan fingerprint density at radius 3 is 1.62 bits per heavy atom. The van der Waals surface area contributed by atoms with Crippen LogP contribution >= 0.6 is 0 Å². The highest BCUT2D eigenvalue weighted by atomic mass is 14.8. The third-order valence-corrected chi connectivity index (χ3v) is 1.81. The predicted molar refractivity (Wildman–Crippen MR) is 36.6 cm³/mol. The molecular weight excluding hydrogens is 100 g/mol. The van der Waals surface area contributed by atoms with Gasteiger partial charge in [-0.1, -0.05) is 13.8 Å². The molecule has 0 radical (unpaired) electrons. The van der Waals surface area contributed by atoms with Gasteiger partial charge in [-0.15, -0.1) is 0 Å². The predicted octanol–water partition coefficient (Wildman–Crippen LogP) is 0.463. The maximum absolute atomic E-state index is 5.77. The second-order valence-electron chi connectivity index (χ2n) is 2.27. The maximum atomic E-state index is 5.77. The lowest BCUT2D eigenvalue weighted by molar-refractivity contribution is 0.407. The Labute approximate surface area is 51.2 Å². The Hall–Kier alpha value is -0.0800. The fraction of sp³-hybridized carbons (Fsp3) is 1.00. The molecule has 0 unspecified atom stereocenters. The molecule has 50 valence electrons. The van der Waals surface area contributed by atoms with Gasteiger partial charge in [-0.25, -0.2) is 0 Å². The Balaban J connectivity index is 3.58. The zero-order valence-corrected chi connectivity index (χ0v) is 5.78. The molecule has 0 atom stereocenters. The Bertz CT molecular complexity index is 49.3. The molecule has 0 aliphatic carbocycles. The van der Waals surface area contributed by atoms with E-state index in [2.05, 4.69) is 13.8 Å². The maximum Gasteiger partial charge on any atom is 0.0273 e. The fourth-order valence-corrected chi connectivity index (χ4v) is 0.539. The van der Waals surface area contributed by atoms with Gasteiger partial charge in [-0.2, -0.15) is 0 Å². The van der Waals surface area contributed by atoms with Gasteiger partial charge in [0.1, 0.15) is 0 Å². The molecule has 2 nitrogen and oxygen atoms in total. The average Bonchev–Trinajstić information content (AvgIpc) is 1.87. The summed E-state index contributed by atoms with van der Waals surface area (Å²) in [5.74, 6) is 0. The van der Waals surface area contributed by atoms with Gasteiger partial charge in [0.05, 0.1) is 0 Å². The summed E-state index contributed by atoms with van der Waals surface area (Å²) in [6.45, 7) is 4.73. The van der Waals surface area contributed by atoms with E-state index in [1.807, 2.05) is 0 Å². The van der Waals surface area contributed by atoms with Crippen molar-refractivity contribution in [1.82, 2.24) is 0 Å². The molecule has 0 aromatic rings. The highest BCUT2D eigenvalue weighted by Crippen LogP contribution is 2.07. The molecule has 0 saturated heterocycles. The standard InChI is InChI=1S/C6H16N2/c1-3-6(8,4-2)5-7/h3-5,7-8H2,1-2H3. The summed E-state index contributed by atoms with van der Waals surface area (Å²) in [5, 5.41) is 0. The second-order valence-corrected chi connectivity index (χ2v) is 2.27.